The second-order valence-electron chi connectivity index (χ2n) is 5.09. The number of carbonyl (C=O) groups is 1. The Balaban J connectivity index is 2.15. The fraction of sp³-hybridized carbons (Fsp3) is 0.615. The van der Waals surface area contributed by atoms with E-state index in [2.05, 4.69) is 0 Å². The maximum Gasteiger partial charge on any atom is 0.324 e. The predicted octanol–water partition coefficient (Wildman–Crippen LogP) is 2.27. The van der Waals surface area contributed by atoms with Crippen LogP contribution in [0.15, 0.2) is 16.7 Å². The van der Waals surface area contributed by atoms with Crippen LogP contribution in [0.2, 0.25) is 0 Å². The molecule has 1 aromatic rings. The molecule has 4 nitrogen and oxygen atoms in total. The van der Waals surface area contributed by atoms with E-state index in [4.69, 9.17) is 4.42 Å². The molecule has 0 saturated heterocycles. The largest absolute Gasteiger partial charge is 0.480 e. The molecule has 0 aliphatic heterocycles. The van der Waals surface area contributed by atoms with Crippen LogP contribution in [0.1, 0.15) is 31.1 Å². The Morgan fingerprint density at radius 2 is 2.29 bits per heavy atom. The van der Waals surface area contributed by atoms with Crippen LogP contribution in [0.4, 0.5) is 0 Å². The highest BCUT2D eigenvalue weighted by atomic mass is 16.4. The van der Waals surface area contributed by atoms with Gasteiger partial charge in [-0.2, -0.15) is 0 Å². The fourth-order valence-corrected chi connectivity index (χ4v) is 2.29. The van der Waals surface area contributed by atoms with Crippen molar-refractivity contribution in [2.24, 2.45) is 5.92 Å². The Morgan fingerprint density at radius 1 is 1.65 bits per heavy atom. The maximum atomic E-state index is 11.5. The molecule has 1 atom stereocenters. The van der Waals surface area contributed by atoms with Gasteiger partial charge in [-0.3, -0.25) is 9.69 Å². The highest BCUT2D eigenvalue weighted by molar-refractivity contribution is 5.79. The van der Waals surface area contributed by atoms with Crippen molar-refractivity contribution < 1.29 is 14.3 Å². The average molecular weight is 237 g/mol. The molecule has 1 unspecified atom stereocenters. The molecule has 0 aromatic carbocycles. The molecule has 1 aliphatic rings. The number of nitrogens with zero attached hydrogens (tertiary/aromatic N) is 1. The van der Waals surface area contributed by atoms with Gasteiger partial charge in [0.15, 0.2) is 0 Å². The Labute approximate surface area is 101 Å². The van der Waals surface area contributed by atoms with Gasteiger partial charge >= 0.3 is 5.97 Å². The molecule has 2 rings (SSSR count). The zero-order valence-electron chi connectivity index (χ0n) is 10.6. The summed E-state index contributed by atoms with van der Waals surface area (Å²) in [5.41, 5.74) is 0.296. The number of hydrogen-bond donors (Lipinski definition) is 1. The van der Waals surface area contributed by atoms with Gasteiger partial charge in [-0.05, 0) is 45.7 Å². The van der Waals surface area contributed by atoms with Crippen LogP contribution in [-0.2, 0) is 11.3 Å². The first kappa shape index (κ1) is 12.2. The van der Waals surface area contributed by atoms with E-state index < -0.39 is 11.5 Å². The van der Waals surface area contributed by atoms with Gasteiger partial charge in [0.25, 0.3) is 0 Å². The SMILES string of the molecule is Cc1occc1CN(C)C(C)(C(=O)O)C1CC1. The quantitative estimate of drug-likeness (QED) is 0.853. The minimum atomic E-state index is -0.760. The lowest BCUT2D eigenvalue weighted by Crippen LogP contribution is -2.51. The molecule has 1 saturated carbocycles. The highest BCUT2D eigenvalue weighted by Crippen LogP contribution is 2.43. The molecule has 0 bridgehead atoms. The topological polar surface area (TPSA) is 53.7 Å². The molecule has 1 heterocycles. The Kier molecular flexibility index (Phi) is 3.00. The zero-order chi connectivity index (χ0) is 12.6. The fourth-order valence-electron chi connectivity index (χ4n) is 2.29. The molecule has 1 aromatic heterocycles. The normalized spacial score (nSPS) is 19.3. The minimum absolute atomic E-state index is 0.275. The van der Waals surface area contributed by atoms with E-state index >= 15 is 0 Å². The molecular weight excluding hydrogens is 218 g/mol. The third kappa shape index (κ3) is 2.09. The first-order valence-electron chi connectivity index (χ1n) is 5.94. The van der Waals surface area contributed by atoms with Crippen molar-refractivity contribution in [1.82, 2.24) is 4.90 Å². The lowest BCUT2D eigenvalue weighted by Gasteiger charge is -2.35. The zero-order valence-corrected chi connectivity index (χ0v) is 10.6. The third-order valence-electron chi connectivity index (χ3n) is 3.97. The van der Waals surface area contributed by atoms with Crippen LogP contribution in [0.5, 0.6) is 0 Å². The summed E-state index contributed by atoms with van der Waals surface area (Å²) < 4.78 is 5.24. The van der Waals surface area contributed by atoms with Crippen molar-refractivity contribution >= 4 is 5.97 Å². The monoisotopic (exact) mass is 237 g/mol. The summed E-state index contributed by atoms with van der Waals surface area (Å²) in [6.45, 7) is 4.34. The van der Waals surface area contributed by atoms with Gasteiger partial charge in [-0.15, -0.1) is 0 Å². The molecule has 4 heteroatoms. The molecule has 0 amide bonds. The lowest BCUT2D eigenvalue weighted by molar-refractivity contribution is -0.151. The smallest absolute Gasteiger partial charge is 0.324 e. The Bertz CT molecular complexity index is 422. The van der Waals surface area contributed by atoms with Gasteiger partial charge in [0.05, 0.1) is 6.26 Å². The van der Waals surface area contributed by atoms with Crippen molar-refractivity contribution in [3.05, 3.63) is 23.7 Å². The van der Waals surface area contributed by atoms with E-state index in [9.17, 15) is 9.90 Å². The van der Waals surface area contributed by atoms with E-state index in [1.807, 2.05) is 31.9 Å². The van der Waals surface area contributed by atoms with Crippen LogP contribution in [-0.4, -0.2) is 28.6 Å². The number of aryl methyl sites for hydroxylation is 1. The molecule has 0 spiro atoms. The number of furan rings is 1. The van der Waals surface area contributed by atoms with Crippen LogP contribution in [0, 0.1) is 12.8 Å². The van der Waals surface area contributed by atoms with Gasteiger partial charge in [0, 0.05) is 12.1 Å². The number of rotatable bonds is 5. The summed E-state index contributed by atoms with van der Waals surface area (Å²) in [5.74, 6) is 0.404. The minimum Gasteiger partial charge on any atom is -0.480 e. The van der Waals surface area contributed by atoms with Crippen LogP contribution >= 0.6 is 0 Å². The van der Waals surface area contributed by atoms with Crippen molar-refractivity contribution in [2.45, 2.75) is 38.8 Å². The summed E-state index contributed by atoms with van der Waals surface area (Å²) in [5, 5.41) is 9.45. The predicted molar refractivity (Wildman–Crippen MR) is 63.7 cm³/mol. The molecule has 1 fully saturated rings. The summed E-state index contributed by atoms with van der Waals surface area (Å²) >= 11 is 0. The molecule has 94 valence electrons. The van der Waals surface area contributed by atoms with E-state index in [-0.39, 0.29) is 5.92 Å². The number of carboxylic acids is 1. The van der Waals surface area contributed by atoms with E-state index in [1.54, 1.807) is 6.26 Å². The number of carboxylic acid groups (broad SMARTS) is 1. The molecule has 1 aliphatic carbocycles. The van der Waals surface area contributed by atoms with E-state index in [1.165, 1.54) is 0 Å². The number of likely N-dealkylation sites (N-methyl/N-ethyl adjacent to an activating group) is 1. The Hall–Kier alpha value is -1.29. The highest BCUT2D eigenvalue weighted by Gasteiger charge is 2.50. The standard InChI is InChI=1S/C13H19NO3/c1-9-10(6-7-17-9)8-14(3)13(2,12(15)16)11-4-5-11/h6-7,11H,4-5,8H2,1-3H3,(H,15,16). The summed E-state index contributed by atoms with van der Waals surface area (Å²) in [6, 6.07) is 1.90. The number of hydrogen-bond acceptors (Lipinski definition) is 3. The van der Waals surface area contributed by atoms with Crippen molar-refractivity contribution in [2.75, 3.05) is 7.05 Å². The van der Waals surface area contributed by atoms with Gasteiger partial charge in [0.1, 0.15) is 11.3 Å². The first-order chi connectivity index (χ1) is 7.96. The van der Waals surface area contributed by atoms with Crippen molar-refractivity contribution in [1.29, 1.82) is 0 Å². The molecular formula is C13H19NO3. The average Bonchev–Trinajstić information content (AvgIpc) is 3.04. The second kappa shape index (κ2) is 4.18. The van der Waals surface area contributed by atoms with Gasteiger partial charge in [0.2, 0.25) is 0 Å². The van der Waals surface area contributed by atoms with Gasteiger partial charge in [-0.25, -0.2) is 0 Å². The van der Waals surface area contributed by atoms with E-state index in [0.29, 0.717) is 6.54 Å². The summed E-state index contributed by atoms with van der Waals surface area (Å²) in [4.78, 5) is 13.4. The number of aliphatic carboxylic acids is 1. The van der Waals surface area contributed by atoms with Crippen LogP contribution < -0.4 is 0 Å². The summed E-state index contributed by atoms with van der Waals surface area (Å²) in [7, 11) is 1.87. The maximum absolute atomic E-state index is 11.5. The van der Waals surface area contributed by atoms with Gasteiger partial charge < -0.3 is 9.52 Å². The van der Waals surface area contributed by atoms with Crippen LogP contribution in [0.25, 0.3) is 0 Å². The molecule has 0 radical (unpaired) electrons. The molecule has 1 N–H and O–H groups in total. The Morgan fingerprint density at radius 3 is 2.71 bits per heavy atom. The van der Waals surface area contributed by atoms with Crippen LogP contribution in [0.3, 0.4) is 0 Å². The van der Waals surface area contributed by atoms with Gasteiger partial charge in [-0.1, -0.05) is 0 Å². The lowest BCUT2D eigenvalue weighted by atomic mass is 9.93. The first-order valence-corrected chi connectivity index (χ1v) is 5.94. The molecule has 17 heavy (non-hydrogen) atoms. The van der Waals surface area contributed by atoms with Crippen molar-refractivity contribution in [3.63, 3.8) is 0 Å². The van der Waals surface area contributed by atoms with Crippen molar-refractivity contribution in [3.8, 4) is 0 Å². The van der Waals surface area contributed by atoms with E-state index in [0.717, 1.165) is 24.2 Å². The summed E-state index contributed by atoms with van der Waals surface area (Å²) in [6.07, 6.45) is 3.67. The third-order valence-corrected chi connectivity index (χ3v) is 3.97. The second-order valence-corrected chi connectivity index (χ2v) is 5.09.